The average Bonchev–Trinajstić information content (AvgIpc) is 3.34. The first kappa shape index (κ1) is 17.7. The Bertz CT molecular complexity index is 1090. The minimum absolute atomic E-state index is 0.200. The number of aromatic nitrogens is 1. The van der Waals surface area contributed by atoms with E-state index >= 15 is 0 Å². The topological polar surface area (TPSA) is 12.9 Å². The van der Waals surface area contributed by atoms with Crippen molar-refractivity contribution in [1.82, 2.24) is 4.98 Å². The normalized spacial score (nSPS) is 18.9. The number of allylic oxidation sites excluding steroid dienone is 10. The van der Waals surface area contributed by atoms with Gasteiger partial charge in [0.05, 0.1) is 5.69 Å². The molecule has 1 atom stereocenters. The summed E-state index contributed by atoms with van der Waals surface area (Å²) in [6, 6.07) is 8.43. The van der Waals surface area contributed by atoms with Gasteiger partial charge < -0.3 is 0 Å². The Hall–Kier alpha value is -2.71. The van der Waals surface area contributed by atoms with Crippen LogP contribution in [0.4, 0.5) is 0 Å². The van der Waals surface area contributed by atoms with Gasteiger partial charge in [0.2, 0.25) is 0 Å². The van der Waals surface area contributed by atoms with E-state index in [1.165, 1.54) is 33.4 Å². The van der Waals surface area contributed by atoms with E-state index in [1.54, 1.807) is 11.3 Å². The third kappa shape index (κ3) is 3.00. The number of rotatable bonds is 4. The highest BCUT2D eigenvalue weighted by Crippen LogP contribution is 2.47. The average molecular weight is 370 g/mol. The van der Waals surface area contributed by atoms with Crippen LogP contribution in [0, 0.1) is 12.8 Å². The predicted octanol–water partition coefficient (Wildman–Crippen LogP) is 7.08. The second-order valence-electron chi connectivity index (χ2n) is 7.27. The summed E-state index contributed by atoms with van der Waals surface area (Å²) in [5.74, 6) is 0.200. The van der Waals surface area contributed by atoms with Crippen LogP contribution in [0.25, 0.3) is 16.1 Å². The Kier molecular flexibility index (Phi) is 4.45. The van der Waals surface area contributed by atoms with E-state index in [1.807, 2.05) is 0 Å². The van der Waals surface area contributed by atoms with Gasteiger partial charge in [-0.3, -0.25) is 0 Å². The van der Waals surface area contributed by atoms with Crippen molar-refractivity contribution >= 4 is 16.9 Å². The quantitative estimate of drug-likeness (QED) is 0.561. The highest BCUT2D eigenvalue weighted by atomic mass is 32.1. The molecule has 1 aromatic carbocycles. The van der Waals surface area contributed by atoms with Crippen molar-refractivity contribution in [2.45, 2.75) is 20.8 Å². The van der Waals surface area contributed by atoms with Crippen molar-refractivity contribution < 1.29 is 0 Å². The molecule has 27 heavy (non-hydrogen) atoms. The molecule has 1 aromatic heterocycles. The number of aryl methyl sites for hydroxylation is 1. The molecule has 0 radical (unpaired) electrons. The van der Waals surface area contributed by atoms with Crippen LogP contribution in [0.15, 0.2) is 95.0 Å². The largest absolute Gasteiger partial charge is 0.236 e. The minimum Gasteiger partial charge on any atom is -0.236 e. The summed E-state index contributed by atoms with van der Waals surface area (Å²) in [6.07, 6.45) is 8.62. The molecule has 0 spiro atoms. The fourth-order valence-electron chi connectivity index (χ4n) is 3.92. The highest BCUT2D eigenvalue weighted by molar-refractivity contribution is 7.13. The van der Waals surface area contributed by atoms with Gasteiger partial charge in [0, 0.05) is 16.9 Å². The molecule has 0 aliphatic heterocycles. The summed E-state index contributed by atoms with van der Waals surface area (Å²) in [7, 11) is 0. The van der Waals surface area contributed by atoms with Gasteiger partial charge in [0.25, 0.3) is 0 Å². The van der Waals surface area contributed by atoms with Crippen LogP contribution in [0.1, 0.15) is 25.1 Å². The molecule has 1 unspecified atom stereocenters. The molecule has 1 heterocycles. The predicted molar refractivity (Wildman–Crippen MR) is 118 cm³/mol. The maximum atomic E-state index is 5.01. The second-order valence-corrected chi connectivity index (χ2v) is 8.13. The molecule has 1 nitrogen and oxygen atoms in total. The molecule has 2 aliphatic rings. The Balaban J connectivity index is 1.78. The Morgan fingerprint density at radius 1 is 1.15 bits per heavy atom. The van der Waals surface area contributed by atoms with E-state index in [2.05, 4.69) is 87.9 Å². The number of nitrogens with zero attached hydrogens (tertiary/aromatic N) is 1. The van der Waals surface area contributed by atoms with Gasteiger partial charge in [-0.1, -0.05) is 66.8 Å². The molecule has 2 heteroatoms. The Labute approximate surface area is 165 Å². The van der Waals surface area contributed by atoms with Crippen molar-refractivity contribution in [3.8, 4) is 10.6 Å². The van der Waals surface area contributed by atoms with E-state index < -0.39 is 0 Å². The molecular weight excluding hydrogens is 346 g/mol. The van der Waals surface area contributed by atoms with Crippen LogP contribution in [0.3, 0.4) is 0 Å². The first-order valence-electron chi connectivity index (χ1n) is 9.15. The lowest BCUT2D eigenvalue weighted by Gasteiger charge is -2.19. The molecule has 0 amide bonds. The van der Waals surface area contributed by atoms with E-state index in [0.717, 1.165) is 21.8 Å². The highest BCUT2D eigenvalue weighted by Gasteiger charge is 2.32. The van der Waals surface area contributed by atoms with Crippen molar-refractivity contribution in [1.29, 1.82) is 0 Å². The van der Waals surface area contributed by atoms with Crippen LogP contribution >= 0.6 is 11.3 Å². The molecule has 2 aliphatic carbocycles. The maximum absolute atomic E-state index is 5.01. The van der Waals surface area contributed by atoms with Gasteiger partial charge in [-0.25, -0.2) is 4.98 Å². The Morgan fingerprint density at radius 3 is 2.59 bits per heavy atom. The third-order valence-corrected chi connectivity index (χ3v) is 6.23. The zero-order valence-corrected chi connectivity index (χ0v) is 16.9. The maximum Gasteiger partial charge on any atom is 0.124 e. The van der Waals surface area contributed by atoms with Crippen LogP contribution in [0.5, 0.6) is 0 Å². The van der Waals surface area contributed by atoms with Crippen molar-refractivity contribution in [3.63, 3.8) is 0 Å². The first-order chi connectivity index (χ1) is 13.0. The van der Waals surface area contributed by atoms with Gasteiger partial charge in [-0.15, -0.1) is 11.3 Å². The van der Waals surface area contributed by atoms with E-state index in [9.17, 15) is 0 Å². The number of thiazole rings is 1. The standard InChI is InChI=1S/C25H23NS/c1-15(2)21-13-22(24(18(21)5)19-12-8-10-16(19)3)23-14-27-25(26-23)20-11-7-6-9-17(20)4/h6-14,24H,1,3H2,2,4-5H3. The zero-order valence-electron chi connectivity index (χ0n) is 16.0. The fraction of sp³-hybridized carbons (Fsp3) is 0.160. The smallest absolute Gasteiger partial charge is 0.124 e. The van der Waals surface area contributed by atoms with Crippen LogP contribution in [0.2, 0.25) is 0 Å². The van der Waals surface area contributed by atoms with Gasteiger partial charge in [0.1, 0.15) is 5.01 Å². The van der Waals surface area contributed by atoms with Crippen molar-refractivity contribution in [2.24, 2.45) is 5.92 Å². The summed E-state index contributed by atoms with van der Waals surface area (Å²) < 4.78 is 0. The zero-order chi connectivity index (χ0) is 19.1. The SMILES string of the molecule is C=C(C)C1=C(C)C(C2=CC=CC2=C)C(c2csc(-c3ccccc3C)n2)=C1. The lowest BCUT2D eigenvalue weighted by atomic mass is 9.84. The molecule has 0 bridgehead atoms. The van der Waals surface area contributed by atoms with Crippen molar-refractivity contribution in [3.05, 3.63) is 106 Å². The first-order valence-corrected chi connectivity index (χ1v) is 10.0. The molecule has 0 N–H and O–H groups in total. The monoisotopic (exact) mass is 369 g/mol. The third-order valence-electron chi connectivity index (χ3n) is 5.36. The number of hydrogen-bond donors (Lipinski definition) is 0. The molecule has 0 saturated carbocycles. The van der Waals surface area contributed by atoms with E-state index in [0.29, 0.717) is 0 Å². The summed E-state index contributed by atoms with van der Waals surface area (Å²) in [6.45, 7) is 14.8. The Morgan fingerprint density at radius 2 is 1.93 bits per heavy atom. The molecule has 4 rings (SSSR count). The molecule has 0 fully saturated rings. The molecule has 134 valence electrons. The van der Waals surface area contributed by atoms with Gasteiger partial charge in [-0.2, -0.15) is 0 Å². The lowest BCUT2D eigenvalue weighted by molar-refractivity contribution is 0.940. The molecular formula is C25H23NS. The lowest BCUT2D eigenvalue weighted by Crippen LogP contribution is -2.07. The summed E-state index contributed by atoms with van der Waals surface area (Å²) in [5.41, 5.74) is 10.8. The summed E-state index contributed by atoms with van der Waals surface area (Å²) >= 11 is 1.71. The molecule has 0 saturated heterocycles. The number of hydrogen-bond acceptors (Lipinski definition) is 2. The van der Waals surface area contributed by atoms with Gasteiger partial charge in [0.15, 0.2) is 0 Å². The number of benzene rings is 1. The van der Waals surface area contributed by atoms with Gasteiger partial charge >= 0.3 is 0 Å². The second kappa shape index (κ2) is 6.79. The van der Waals surface area contributed by atoms with Crippen LogP contribution in [-0.4, -0.2) is 4.98 Å². The van der Waals surface area contributed by atoms with Gasteiger partial charge in [-0.05, 0) is 54.7 Å². The molecule has 2 aromatic rings. The van der Waals surface area contributed by atoms with Crippen LogP contribution < -0.4 is 0 Å². The van der Waals surface area contributed by atoms with Crippen LogP contribution in [-0.2, 0) is 0 Å². The minimum atomic E-state index is 0.200. The fourth-order valence-corrected chi connectivity index (χ4v) is 4.84. The van der Waals surface area contributed by atoms with E-state index in [4.69, 9.17) is 4.98 Å². The van der Waals surface area contributed by atoms with E-state index in [-0.39, 0.29) is 5.92 Å². The van der Waals surface area contributed by atoms with Crippen molar-refractivity contribution in [2.75, 3.05) is 0 Å². The summed E-state index contributed by atoms with van der Waals surface area (Å²) in [5, 5.41) is 3.25. The summed E-state index contributed by atoms with van der Waals surface area (Å²) in [4.78, 5) is 5.01.